The molecule has 2 aliphatic heterocycles. The Morgan fingerprint density at radius 1 is 0.512 bits per heavy atom. The Hall–Kier alpha value is -6.31. The SMILES string of the molecule is CC1Cc2cccc(-c3cccc(C(Nc4c(C(C)C)cccc4C(C)C)c4ccccc4C(C)C)n3)c2N1.CCc1ccccc1C([N-]c1c(C(C)C)cccc1C(C)C)c1cccc(-c2cccc3c2[N-]C(C)C3)n1.[CH3-].[CH3-].[Hf]. The molecule has 2 aromatic heterocycles. The van der Waals surface area contributed by atoms with Crippen LogP contribution in [0.2, 0.25) is 0 Å². The largest absolute Gasteiger partial charge is 0.681 e. The number of aromatic nitrogens is 2. The van der Waals surface area contributed by atoms with Gasteiger partial charge in [-0.3, -0.25) is 9.97 Å². The minimum Gasteiger partial charge on any atom is -0.681 e. The van der Waals surface area contributed by atoms with Gasteiger partial charge in [0.15, 0.2) is 0 Å². The summed E-state index contributed by atoms with van der Waals surface area (Å²) in [6, 6.07) is 57.4. The van der Waals surface area contributed by atoms with Crippen LogP contribution in [0.1, 0.15) is 199 Å². The number of hydrogen-bond acceptors (Lipinski definition) is 4. The van der Waals surface area contributed by atoms with Crippen LogP contribution >= 0.6 is 0 Å². The number of anilines is 2. The quantitative estimate of drug-likeness (QED) is 0.0746. The van der Waals surface area contributed by atoms with Gasteiger partial charge in [-0.05, 0) is 125 Å². The summed E-state index contributed by atoms with van der Waals surface area (Å²) in [6.45, 7) is 29.4. The molecule has 10 rings (SSSR count). The molecule has 0 amide bonds. The first-order valence-corrected chi connectivity index (χ1v) is 28.7. The van der Waals surface area contributed by atoms with Gasteiger partial charge in [0.1, 0.15) is 0 Å². The van der Waals surface area contributed by atoms with Crippen molar-refractivity contribution in [3.8, 4) is 22.5 Å². The summed E-state index contributed by atoms with van der Waals surface area (Å²) < 4.78 is 0. The summed E-state index contributed by atoms with van der Waals surface area (Å²) in [5, 5.41) is 18.3. The minimum atomic E-state index is -0.198. The van der Waals surface area contributed by atoms with Gasteiger partial charge in [-0.25, -0.2) is 0 Å². The summed E-state index contributed by atoms with van der Waals surface area (Å²) in [7, 11) is 0. The van der Waals surface area contributed by atoms with Gasteiger partial charge >= 0.3 is 0 Å². The van der Waals surface area contributed by atoms with Crippen LogP contribution in [0.15, 0.2) is 158 Å². The van der Waals surface area contributed by atoms with Gasteiger partial charge in [-0.1, -0.05) is 239 Å². The average Bonchev–Trinajstić information content (AvgIpc) is 4.02. The summed E-state index contributed by atoms with van der Waals surface area (Å²) in [6.07, 6.45) is 3.00. The molecule has 2 aliphatic rings. The van der Waals surface area contributed by atoms with Crippen LogP contribution in [0.3, 0.4) is 0 Å². The van der Waals surface area contributed by atoms with Crippen molar-refractivity contribution in [2.75, 3.05) is 10.6 Å². The van der Waals surface area contributed by atoms with Crippen molar-refractivity contribution in [3.63, 3.8) is 0 Å². The number of aryl methyl sites for hydroxylation is 1. The molecule has 80 heavy (non-hydrogen) atoms. The van der Waals surface area contributed by atoms with Crippen LogP contribution < -0.4 is 10.6 Å². The number of fused-ring (bicyclic) bond motifs is 2. The molecule has 0 radical (unpaired) electrons. The predicted molar refractivity (Wildman–Crippen MR) is 341 cm³/mol. The number of nitrogens with zero attached hydrogens (tertiary/aromatic N) is 4. The van der Waals surface area contributed by atoms with Crippen LogP contribution in [-0.2, 0) is 45.1 Å². The van der Waals surface area contributed by atoms with Gasteiger partial charge in [0.2, 0.25) is 0 Å². The van der Waals surface area contributed by atoms with E-state index in [1.807, 2.05) is 0 Å². The summed E-state index contributed by atoms with van der Waals surface area (Å²) in [5.41, 5.74) is 24.1. The zero-order valence-corrected chi connectivity index (χ0v) is 54.2. The molecule has 0 saturated carbocycles. The summed E-state index contributed by atoms with van der Waals surface area (Å²) >= 11 is 0. The maximum atomic E-state index is 5.58. The average molecular weight is 1230 g/mol. The van der Waals surface area contributed by atoms with Crippen molar-refractivity contribution < 1.29 is 25.8 Å². The molecule has 2 N–H and O–H groups in total. The molecule has 418 valence electrons. The molecular weight excluding hydrogens is 1140 g/mol. The number of benzene rings is 6. The van der Waals surface area contributed by atoms with E-state index in [0.717, 1.165) is 59.0 Å². The smallest absolute Gasteiger partial charge is 0.0943 e. The monoisotopic (exact) mass is 1230 g/mol. The van der Waals surface area contributed by atoms with E-state index in [2.05, 4.69) is 258 Å². The van der Waals surface area contributed by atoms with E-state index in [1.54, 1.807) is 0 Å². The van der Waals surface area contributed by atoms with E-state index in [0.29, 0.717) is 41.7 Å². The molecule has 0 aliphatic carbocycles. The normalized spacial score (nSPS) is 14.9. The fraction of sp³-hybridized carbons (Fsp3) is 0.342. The van der Waals surface area contributed by atoms with Gasteiger partial charge in [0.05, 0.1) is 23.1 Å². The Morgan fingerprint density at radius 2 is 0.988 bits per heavy atom. The topological polar surface area (TPSA) is 78.0 Å². The van der Waals surface area contributed by atoms with Crippen LogP contribution in [0.5, 0.6) is 0 Å². The third kappa shape index (κ3) is 13.7. The van der Waals surface area contributed by atoms with Crippen molar-refractivity contribution in [2.45, 2.75) is 163 Å². The van der Waals surface area contributed by atoms with E-state index < -0.39 is 0 Å². The first-order valence-electron chi connectivity index (χ1n) is 28.7. The van der Waals surface area contributed by atoms with Gasteiger partial charge in [-0.15, -0.1) is 17.4 Å². The Bertz CT molecular complexity index is 3260. The van der Waals surface area contributed by atoms with Gasteiger partial charge in [0.25, 0.3) is 0 Å². The van der Waals surface area contributed by atoms with Gasteiger partial charge < -0.3 is 36.1 Å². The first kappa shape index (κ1) is 62.9. The fourth-order valence-electron chi connectivity index (χ4n) is 11.7. The van der Waals surface area contributed by atoms with E-state index in [9.17, 15) is 0 Å². The van der Waals surface area contributed by atoms with Crippen molar-refractivity contribution in [1.29, 1.82) is 0 Å². The van der Waals surface area contributed by atoms with Gasteiger partial charge in [0, 0.05) is 54.5 Å². The minimum absolute atomic E-state index is 0. The first-order chi connectivity index (χ1) is 37.1. The molecule has 4 atom stereocenters. The molecule has 8 aromatic rings. The molecule has 0 spiro atoms. The molecular formula is C73H88HfN6-4. The van der Waals surface area contributed by atoms with Crippen LogP contribution in [0.4, 0.5) is 22.7 Å². The second-order valence-corrected chi connectivity index (χ2v) is 23.1. The molecule has 0 saturated heterocycles. The Balaban J connectivity index is 0.000000249. The van der Waals surface area contributed by atoms with E-state index in [4.69, 9.17) is 20.6 Å². The van der Waals surface area contributed by atoms with E-state index in [1.165, 1.54) is 72.6 Å². The molecule has 4 heterocycles. The number of hydrogen-bond donors (Lipinski definition) is 2. The Labute approximate surface area is 501 Å². The molecule has 7 heteroatoms. The zero-order chi connectivity index (χ0) is 54.5. The van der Waals surface area contributed by atoms with Gasteiger partial charge in [-0.2, -0.15) is 0 Å². The van der Waals surface area contributed by atoms with Crippen LogP contribution in [0, 0.1) is 14.9 Å². The van der Waals surface area contributed by atoms with E-state index in [-0.39, 0.29) is 52.8 Å². The van der Waals surface area contributed by atoms with Crippen molar-refractivity contribution in [1.82, 2.24) is 9.97 Å². The molecule has 0 bridgehead atoms. The predicted octanol–water partition coefficient (Wildman–Crippen LogP) is 20.9. The summed E-state index contributed by atoms with van der Waals surface area (Å²) in [5.74, 6) is 1.98. The standard InChI is InChI=1S/C36H43N3.C35H39N3.2CH3.Hf/c1-22(2)27-14-8-9-15-30(27)36(39-35-28(23(3)4)16-11-17-29(35)24(5)6)33-20-12-19-32(38-33)31-18-10-13-26-21-25(7)37-34(26)31;1-7-25-13-8-9-15-29(25)35(38-34-27(22(2)3)16-11-17-28(34)23(4)5)32-20-12-19-31(37-32)30-18-10-14-26-21-24(6)36-33(26)30;;;/h8-20,22-25,36-37,39H,21H2,1-7H3;8-20,22-24,35H,7,21H2,1-6H3;2*1H3;/q;-2;2*-1;. The Morgan fingerprint density at radius 3 is 1.59 bits per heavy atom. The molecule has 4 unspecified atom stereocenters. The van der Waals surface area contributed by atoms with Crippen LogP contribution in [0.25, 0.3) is 33.1 Å². The number of para-hydroxylation sites is 4. The van der Waals surface area contributed by atoms with E-state index >= 15 is 0 Å². The second kappa shape index (κ2) is 27.9. The number of pyridine rings is 2. The van der Waals surface area contributed by atoms with Crippen molar-refractivity contribution >= 4 is 22.7 Å². The third-order valence-electron chi connectivity index (χ3n) is 15.6. The maximum Gasteiger partial charge on any atom is 0.0943 e. The number of nitrogens with one attached hydrogen (secondary N) is 2. The maximum absolute atomic E-state index is 5.58. The van der Waals surface area contributed by atoms with Crippen molar-refractivity contribution in [3.05, 3.63) is 250 Å². The third-order valence-corrected chi connectivity index (χ3v) is 15.6. The zero-order valence-electron chi connectivity index (χ0n) is 50.6. The second-order valence-electron chi connectivity index (χ2n) is 23.1. The van der Waals surface area contributed by atoms with Crippen LogP contribution in [-0.4, -0.2) is 22.1 Å². The molecule has 6 aromatic carbocycles. The fourth-order valence-corrected chi connectivity index (χ4v) is 11.7. The summed E-state index contributed by atoms with van der Waals surface area (Å²) in [4.78, 5) is 10.7. The molecule has 0 fully saturated rings. The van der Waals surface area contributed by atoms with Crippen molar-refractivity contribution in [2.24, 2.45) is 0 Å². The number of rotatable bonds is 16. The molecule has 6 nitrogen and oxygen atoms in total. The Kier molecular flexibility index (Phi) is 21.9.